The zero-order valence-corrected chi connectivity index (χ0v) is 11.2. The number of benzene rings is 1. The number of hydrogen-bond acceptors (Lipinski definition) is 4. The van der Waals surface area contributed by atoms with Crippen molar-refractivity contribution in [2.75, 3.05) is 19.7 Å². The van der Waals surface area contributed by atoms with Crippen LogP contribution in [0.3, 0.4) is 0 Å². The molecule has 0 radical (unpaired) electrons. The monoisotopic (exact) mass is 261 g/mol. The fraction of sp³-hybridized carbons (Fsp3) is 0.467. The molecule has 0 spiro atoms. The lowest BCUT2D eigenvalue weighted by Gasteiger charge is -2.14. The summed E-state index contributed by atoms with van der Waals surface area (Å²) < 4.78 is 4.73. The zero-order valence-electron chi connectivity index (χ0n) is 11.2. The first kappa shape index (κ1) is 13.7. The first-order valence-corrected chi connectivity index (χ1v) is 6.73. The Morgan fingerprint density at radius 3 is 2.68 bits per heavy atom. The third-order valence-electron chi connectivity index (χ3n) is 3.25. The molecule has 1 fully saturated rings. The van der Waals surface area contributed by atoms with Crippen molar-refractivity contribution >= 4 is 11.8 Å². The van der Waals surface area contributed by atoms with E-state index in [2.05, 4.69) is 4.90 Å². The van der Waals surface area contributed by atoms with Crippen molar-refractivity contribution in [3.05, 3.63) is 35.4 Å². The maximum absolute atomic E-state index is 11.8. The van der Waals surface area contributed by atoms with Gasteiger partial charge in [0.25, 0.3) is 5.78 Å². The summed E-state index contributed by atoms with van der Waals surface area (Å²) in [6.45, 7) is 4.96. The van der Waals surface area contributed by atoms with E-state index in [9.17, 15) is 9.59 Å². The van der Waals surface area contributed by atoms with Crippen LogP contribution in [0.2, 0.25) is 0 Å². The van der Waals surface area contributed by atoms with E-state index in [1.165, 1.54) is 12.8 Å². The highest BCUT2D eigenvalue weighted by Crippen LogP contribution is 2.14. The second-order valence-corrected chi connectivity index (χ2v) is 4.73. The van der Waals surface area contributed by atoms with Crippen molar-refractivity contribution in [2.45, 2.75) is 26.3 Å². The van der Waals surface area contributed by atoms with Crippen molar-refractivity contribution in [2.24, 2.45) is 0 Å². The van der Waals surface area contributed by atoms with E-state index < -0.39 is 11.8 Å². The van der Waals surface area contributed by atoms with Gasteiger partial charge in [0.2, 0.25) is 0 Å². The second-order valence-electron chi connectivity index (χ2n) is 4.73. The topological polar surface area (TPSA) is 46.6 Å². The highest BCUT2D eigenvalue weighted by atomic mass is 16.5. The molecular weight excluding hydrogens is 242 g/mol. The molecule has 1 aromatic carbocycles. The summed E-state index contributed by atoms with van der Waals surface area (Å²) in [6, 6.07) is 7.25. The second kappa shape index (κ2) is 6.48. The largest absolute Gasteiger partial charge is 0.460 e. The van der Waals surface area contributed by atoms with Gasteiger partial charge in [-0.15, -0.1) is 0 Å². The summed E-state index contributed by atoms with van der Waals surface area (Å²) in [5.74, 6) is -1.34. The molecule has 0 unspecified atom stereocenters. The Bertz CT molecular complexity index is 464. The first-order valence-electron chi connectivity index (χ1n) is 6.73. The van der Waals surface area contributed by atoms with Gasteiger partial charge < -0.3 is 4.74 Å². The molecule has 1 aliphatic rings. The summed E-state index contributed by atoms with van der Waals surface area (Å²) in [7, 11) is 0. The summed E-state index contributed by atoms with van der Waals surface area (Å²) in [5.41, 5.74) is 1.48. The molecule has 0 saturated carbocycles. The quantitative estimate of drug-likeness (QED) is 0.462. The number of ketones is 1. The number of likely N-dealkylation sites (tertiary alicyclic amines) is 1. The van der Waals surface area contributed by atoms with Crippen LogP contribution in [-0.2, 0) is 16.1 Å². The minimum atomic E-state index is -0.777. The van der Waals surface area contributed by atoms with Crippen LogP contribution in [0.1, 0.15) is 35.7 Å². The predicted molar refractivity (Wildman–Crippen MR) is 71.9 cm³/mol. The van der Waals surface area contributed by atoms with Gasteiger partial charge >= 0.3 is 5.97 Å². The van der Waals surface area contributed by atoms with Gasteiger partial charge in [0.1, 0.15) is 0 Å². The number of ether oxygens (including phenoxy) is 1. The van der Waals surface area contributed by atoms with Crippen LogP contribution in [0.5, 0.6) is 0 Å². The van der Waals surface area contributed by atoms with E-state index in [0.29, 0.717) is 5.56 Å². The van der Waals surface area contributed by atoms with E-state index in [-0.39, 0.29) is 6.61 Å². The van der Waals surface area contributed by atoms with Crippen LogP contribution >= 0.6 is 0 Å². The Morgan fingerprint density at radius 2 is 2.00 bits per heavy atom. The van der Waals surface area contributed by atoms with E-state index in [4.69, 9.17) is 4.74 Å². The average molecular weight is 261 g/mol. The molecule has 4 heteroatoms. The highest BCUT2D eigenvalue weighted by molar-refractivity contribution is 6.40. The van der Waals surface area contributed by atoms with Crippen molar-refractivity contribution in [3.63, 3.8) is 0 Å². The van der Waals surface area contributed by atoms with Gasteiger partial charge in [-0.05, 0) is 44.5 Å². The fourth-order valence-electron chi connectivity index (χ4n) is 2.32. The Hall–Kier alpha value is -1.68. The number of esters is 1. The molecule has 4 nitrogen and oxygen atoms in total. The molecule has 1 heterocycles. The molecule has 1 aliphatic heterocycles. The maximum Gasteiger partial charge on any atom is 0.379 e. The lowest BCUT2D eigenvalue weighted by Crippen LogP contribution is -2.20. The molecule has 0 aromatic heterocycles. The van der Waals surface area contributed by atoms with Crippen molar-refractivity contribution in [1.82, 2.24) is 4.90 Å². The van der Waals surface area contributed by atoms with Crippen LogP contribution in [0.4, 0.5) is 0 Å². The summed E-state index contributed by atoms with van der Waals surface area (Å²) in [6.07, 6.45) is 2.48. The SMILES string of the molecule is CCOC(=O)C(=O)c1cccc(CN2CCCC2)c1. The summed E-state index contributed by atoms with van der Waals surface area (Å²) in [5, 5.41) is 0. The third kappa shape index (κ3) is 3.64. The molecule has 19 heavy (non-hydrogen) atoms. The van der Waals surface area contributed by atoms with E-state index in [0.717, 1.165) is 25.2 Å². The van der Waals surface area contributed by atoms with Gasteiger partial charge in [-0.3, -0.25) is 9.69 Å². The predicted octanol–water partition coefficient (Wildman–Crippen LogP) is 2.03. The Balaban J connectivity index is 2.05. The molecule has 102 valence electrons. The maximum atomic E-state index is 11.8. The normalized spacial score (nSPS) is 15.4. The molecule has 1 aromatic rings. The molecule has 1 saturated heterocycles. The average Bonchev–Trinajstić information content (AvgIpc) is 2.91. The summed E-state index contributed by atoms with van der Waals surface area (Å²) in [4.78, 5) is 25.6. The molecule has 0 aliphatic carbocycles. The first-order chi connectivity index (χ1) is 9.20. The molecule has 0 atom stereocenters. The van der Waals surface area contributed by atoms with Gasteiger partial charge in [-0.25, -0.2) is 4.79 Å². The van der Waals surface area contributed by atoms with Crippen LogP contribution in [-0.4, -0.2) is 36.3 Å². The minimum Gasteiger partial charge on any atom is -0.460 e. The smallest absolute Gasteiger partial charge is 0.379 e. The molecule has 0 bridgehead atoms. The number of hydrogen-bond donors (Lipinski definition) is 0. The third-order valence-corrected chi connectivity index (χ3v) is 3.25. The van der Waals surface area contributed by atoms with Crippen LogP contribution in [0, 0.1) is 0 Å². The standard InChI is InChI=1S/C15H19NO3/c1-2-19-15(18)14(17)13-7-5-6-12(10-13)11-16-8-3-4-9-16/h5-7,10H,2-4,8-9,11H2,1H3. The molecule has 2 rings (SSSR count). The molecule has 0 N–H and O–H groups in total. The lowest BCUT2D eigenvalue weighted by atomic mass is 10.1. The fourth-order valence-corrected chi connectivity index (χ4v) is 2.32. The van der Waals surface area contributed by atoms with E-state index in [1.54, 1.807) is 19.1 Å². The van der Waals surface area contributed by atoms with Crippen molar-refractivity contribution in [3.8, 4) is 0 Å². The minimum absolute atomic E-state index is 0.220. The Kier molecular flexibility index (Phi) is 4.68. The Morgan fingerprint density at radius 1 is 1.26 bits per heavy atom. The van der Waals surface area contributed by atoms with E-state index >= 15 is 0 Å². The summed E-state index contributed by atoms with van der Waals surface area (Å²) >= 11 is 0. The van der Waals surface area contributed by atoms with Gasteiger partial charge in [-0.2, -0.15) is 0 Å². The Labute approximate surface area is 113 Å². The van der Waals surface area contributed by atoms with Crippen LogP contribution < -0.4 is 0 Å². The van der Waals surface area contributed by atoms with E-state index in [1.807, 2.05) is 12.1 Å². The number of rotatable bonds is 5. The zero-order chi connectivity index (χ0) is 13.7. The number of carbonyl (C=O) groups excluding carboxylic acids is 2. The molecular formula is C15H19NO3. The van der Waals surface area contributed by atoms with Crippen molar-refractivity contribution in [1.29, 1.82) is 0 Å². The lowest BCUT2D eigenvalue weighted by molar-refractivity contribution is -0.137. The number of carbonyl (C=O) groups is 2. The van der Waals surface area contributed by atoms with Gasteiger partial charge in [-0.1, -0.05) is 18.2 Å². The van der Waals surface area contributed by atoms with Crippen LogP contribution in [0.15, 0.2) is 24.3 Å². The van der Waals surface area contributed by atoms with Crippen molar-refractivity contribution < 1.29 is 14.3 Å². The van der Waals surface area contributed by atoms with Crippen LogP contribution in [0.25, 0.3) is 0 Å². The molecule has 0 amide bonds. The van der Waals surface area contributed by atoms with Gasteiger partial charge in [0, 0.05) is 12.1 Å². The number of nitrogens with zero attached hydrogens (tertiary/aromatic N) is 1. The van der Waals surface area contributed by atoms with Gasteiger partial charge in [0.05, 0.1) is 6.61 Å². The van der Waals surface area contributed by atoms with Gasteiger partial charge in [0.15, 0.2) is 0 Å². The highest BCUT2D eigenvalue weighted by Gasteiger charge is 2.18. The number of Topliss-reactive ketones (excluding diaryl/α,β-unsaturated/α-hetero) is 1.